The Morgan fingerprint density at radius 2 is 1.74 bits per heavy atom. The van der Waals surface area contributed by atoms with Crippen LogP contribution in [0.1, 0.15) is 68.2 Å². The van der Waals surface area contributed by atoms with Crippen molar-refractivity contribution in [2.75, 3.05) is 21.3 Å². The molecule has 208 valence electrons. The summed E-state index contributed by atoms with van der Waals surface area (Å²) in [6.45, 7) is 4.17. The van der Waals surface area contributed by atoms with Gasteiger partial charge in [-0.3, -0.25) is 4.79 Å². The Bertz CT molecular complexity index is 1320. The molecule has 0 aliphatic heterocycles. The van der Waals surface area contributed by atoms with E-state index in [4.69, 9.17) is 18.9 Å². The molecule has 39 heavy (non-hydrogen) atoms. The van der Waals surface area contributed by atoms with Gasteiger partial charge in [0.25, 0.3) is 0 Å². The number of hydrogen-bond acceptors (Lipinski definition) is 5. The molecule has 4 rings (SSSR count). The highest BCUT2D eigenvalue weighted by Gasteiger charge is 2.46. The maximum Gasteiger partial charge on any atom is 0.306 e. The van der Waals surface area contributed by atoms with Gasteiger partial charge in [-0.1, -0.05) is 38.1 Å². The van der Waals surface area contributed by atoms with Crippen LogP contribution in [0, 0.1) is 17.0 Å². The van der Waals surface area contributed by atoms with Gasteiger partial charge in [0.2, 0.25) is 0 Å². The molecule has 0 heterocycles. The third kappa shape index (κ3) is 6.25. The molecule has 0 radical (unpaired) electrons. The van der Waals surface area contributed by atoms with Crippen molar-refractivity contribution in [2.45, 2.75) is 58.2 Å². The first kappa shape index (κ1) is 28.6. The summed E-state index contributed by atoms with van der Waals surface area (Å²) in [5.74, 6) is -0.866. The first-order valence-electron chi connectivity index (χ1n) is 13.2. The van der Waals surface area contributed by atoms with E-state index < -0.39 is 5.82 Å². The Hall–Kier alpha value is -3.45. The van der Waals surface area contributed by atoms with Crippen molar-refractivity contribution >= 4 is 5.97 Å². The lowest BCUT2D eigenvalue weighted by molar-refractivity contribution is -0.141. The van der Waals surface area contributed by atoms with Gasteiger partial charge in [0.05, 0.1) is 26.7 Å². The molecular formula is C32H36F2O5. The number of carbonyl (C=O) groups is 1. The van der Waals surface area contributed by atoms with E-state index in [-0.39, 0.29) is 48.0 Å². The third-order valence-corrected chi connectivity index (χ3v) is 7.73. The van der Waals surface area contributed by atoms with Gasteiger partial charge in [0.1, 0.15) is 18.2 Å². The van der Waals surface area contributed by atoms with Crippen LogP contribution in [0.15, 0.2) is 54.6 Å². The number of halogens is 2. The highest BCUT2D eigenvalue weighted by atomic mass is 19.1. The number of ether oxygens (including phenoxy) is 4. The fourth-order valence-corrected chi connectivity index (χ4v) is 5.12. The summed E-state index contributed by atoms with van der Waals surface area (Å²) in [5, 5.41) is 0. The Balaban J connectivity index is 1.66. The van der Waals surface area contributed by atoms with Gasteiger partial charge in [-0.05, 0) is 83.2 Å². The molecule has 7 heteroatoms. The highest BCUT2D eigenvalue weighted by molar-refractivity contribution is 5.71. The van der Waals surface area contributed by atoms with Gasteiger partial charge in [-0.25, -0.2) is 8.78 Å². The fraction of sp³-hybridized carbons (Fsp3) is 0.406. The van der Waals surface area contributed by atoms with Crippen LogP contribution in [0.5, 0.6) is 11.5 Å². The van der Waals surface area contributed by atoms with Gasteiger partial charge < -0.3 is 18.9 Å². The predicted molar refractivity (Wildman–Crippen MR) is 146 cm³/mol. The molecule has 3 aromatic rings. The summed E-state index contributed by atoms with van der Waals surface area (Å²) in [6.07, 6.45) is 2.44. The first-order chi connectivity index (χ1) is 18.7. The number of carbonyl (C=O) groups excluding carboxylic acids is 1. The molecule has 0 unspecified atom stereocenters. The number of methoxy groups -OCH3 is 3. The minimum atomic E-state index is -0.483. The summed E-state index contributed by atoms with van der Waals surface area (Å²) in [5.41, 5.74) is 3.17. The molecular weight excluding hydrogens is 502 g/mol. The molecule has 2 atom stereocenters. The normalized spacial score (nSPS) is 15.4. The van der Waals surface area contributed by atoms with Crippen molar-refractivity contribution in [3.05, 3.63) is 82.9 Å². The van der Waals surface area contributed by atoms with Crippen molar-refractivity contribution < 1.29 is 32.5 Å². The van der Waals surface area contributed by atoms with E-state index in [1.807, 2.05) is 25.1 Å². The summed E-state index contributed by atoms with van der Waals surface area (Å²) >= 11 is 0. The highest BCUT2D eigenvalue weighted by Crippen LogP contribution is 2.57. The minimum absolute atomic E-state index is 0.0480. The zero-order valence-corrected chi connectivity index (χ0v) is 23.2. The topological polar surface area (TPSA) is 54.0 Å². The summed E-state index contributed by atoms with van der Waals surface area (Å²) in [4.78, 5) is 11.8. The average Bonchev–Trinajstić information content (AvgIpc) is 3.69. The Morgan fingerprint density at radius 3 is 2.38 bits per heavy atom. The molecule has 0 amide bonds. The first-order valence-corrected chi connectivity index (χ1v) is 13.2. The van der Waals surface area contributed by atoms with Crippen LogP contribution < -0.4 is 9.47 Å². The van der Waals surface area contributed by atoms with Crippen LogP contribution in [0.3, 0.4) is 0 Å². The maximum absolute atomic E-state index is 15.4. The molecule has 1 saturated carbocycles. The van der Waals surface area contributed by atoms with Crippen LogP contribution in [-0.2, 0) is 20.9 Å². The van der Waals surface area contributed by atoms with Crippen molar-refractivity contribution in [1.29, 1.82) is 0 Å². The van der Waals surface area contributed by atoms with E-state index in [0.717, 1.165) is 29.5 Å². The molecule has 0 aromatic heterocycles. The smallest absolute Gasteiger partial charge is 0.306 e. The molecule has 1 aliphatic carbocycles. The SMILES string of the molecule is CC[C@H](CC(=O)OC)c1cccc(OCc2ccc(-c3cc(OC)ccc3F)c([C@@H](OC)C3(C)CC3)c2)c1F. The number of esters is 1. The summed E-state index contributed by atoms with van der Waals surface area (Å²) in [6, 6.07) is 15.3. The lowest BCUT2D eigenvalue weighted by Gasteiger charge is -2.26. The second-order valence-electron chi connectivity index (χ2n) is 10.4. The van der Waals surface area contributed by atoms with Crippen LogP contribution >= 0.6 is 0 Å². The van der Waals surface area contributed by atoms with E-state index in [1.54, 1.807) is 44.6 Å². The Labute approximate surface area is 229 Å². The lowest BCUT2D eigenvalue weighted by atomic mass is 9.87. The second kappa shape index (κ2) is 12.2. The molecule has 0 N–H and O–H groups in total. The van der Waals surface area contributed by atoms with Crippen molar-refractivity contribution in [3.63, 3.8) is 0 Å². The van der Waals surface area contributed by atoms with E-state index >= 15 is 8.78 Å². The minimum Gasteiger partial charge on any atom is -0.497 e. The number of benzene rings is 3. The van der Waals surface area contributed by atoms with Gasteiger partial charge in [0.15, 0.2) is 11.6 Å². The van der Waals surface area contributed by atoms with E-state index in [0.29, 0.717) is 23.3 Å². The molecule has 0 bridgehead atoms. The van der Waals surface area contributed by atoms with Crippen LogP contribution in [0.2, 0.25) is 0 Å². The Morgan fingerprint density at radius 1 is 0.974 bits per heavy atom. The van der Waals surface area contributed by atoms with Crippen molar-refractivity contribution in [1.82, 2.24) is 0 Å². The zero-order valence-electron chi connectivity index (χ0n) is 23.2. The number of hydrogen-bond donors (Lipinski definition) is 0. The fourth-order valence-electron chi connectivity index (χ4n) is 5.12. The van der Waals surface area contributed by atoms with Crippen LogP contribution in [0.4, 0.5) is 8.78 Å². The van der Waals surface area contributed by atoms with Gasteiger partial charge in [-0.2, -0.15) is 0 Å². The monoisotopic (exact) mass is 538 g/mol. The number of rotatable bonds is 12. The van der Waals surface area contributed by atoms with Crippen LogP contribution in [0.25, 0.3) is 11.1 Å². The summed E-state index contributed by atoms with van der Waals surface area (Å²) in [7, 11) is 4.54. The molecule has 1 aliphatic rings. The largest absolute Gasteiger partial charge is 0.497 e. The maximum atomic E-state index is 15.4. The Kier molecular flexibility index (Phi) is 8.90. The molecule has 1 fully saturated rings. The van der Waals surface area contributed by atoms with Gasteiger partial charge >= 0.3 is 5.97 Å². The van der Waals surface area contributed by atoms with Crippen molar-refractivity contribution in [2.24, 2.45) is 5.41 Å². The zero-order chi connectivity index (χ0) is 28.2. The predicted octanol–water partition coefficient (Wildman–Crippen LogP) is 7.76. The van der Waals surface area contributed by atoms with Gasteiger partial charge in [-0.15, -0.1) is 0 Å². The van der Waals surface area contributed by atoms with E-state index in [1.165, 1.54) is 13.2 Å². The standard InChI is InChI=1S/C32H36F2O5/c1-6-21(17-29(35)37-4)23-8-7-9-28(30(23)34)39-19-20-10-12-24(25-18-22(36-3)11-13-27(25)33)26(16-20)31(38-5)32(2)14-15-32/h7-13,16,18,21,31H,6,14-15,17,19H2,1-5H3/t21-,31-/m1/s1. The second-order valence-corrected chi connectivity index (χ2v) is 10.4. The van der Waals surface area contributed by atoms with E-state index in [2.05, 4.69) is 6.92 Å². The molecule has 0 saturated heterocycles. The quantitative estimate of drug-likeness (QED) is 0.221. The van der Waals surface area contributed by atoms with Crippen molar-refractivity contribution in [3.8, 4) is 22.6 Å². The summed E-state index contributed by atoms with van der Waals surface area (Å²) < 4.78 is 52.5. The third-order valence-electron chi connectivity index (χ3n) is 7.73. The molecule has 5 nitrogen and oxygen atoms in total. The van der Waals surface area contributed by atoms with E-state index in [9.17, 15) is 4.79 Å². The molecule has 0 spiro atoms. The molecule has 3 aromatic carbocycles. The lowest BCUT2D eigenvalue weighted by Crippen LogP contribution is -2.15. The van der Waals surface area contributed by atoms with Gasteiger partial charge in [0, 0.05) is 12.7 Å². The van der Waals surface area contributed by atoms with Crippen LogP contribution in [-0.4, -0.2) is 27.3 Å². The average molecular weight is 539 g/mol.